The number of likely N-dealkylation sites (tertiary alicyclic amines) is 1. The van der Waals surface area contributed by atoms with Gasteiger partial charge >= 0.3 is 0 Å². The summed E-state index contributed by atoms with van der Waals surface area (Å²) in [4.78, 5) is 9.45. The molecule has 0 aromatic rings. The maximum Gasteiger partial charge on any atom is 0.191 e. The lowest BCUT2D eigenvalue weighted by atomic mass is 10.1. The first-order valence-corrected chi connectivity index (χ1v) is 10.0. The van der Waals surface area contributed by atoms with Crippen molar-refractivity contribution in [2.24, 2.45) is 10.9 Å². The monoisotopic (exact) mass is 339 g/mol. The van der Waals surface area contributed by atoms with E-state index in [1.807, 2.05) is 7.05 Å². The van der Waals surface area contributed by atoms with Gasteiger partial charge in [0.2, 0.25) is 0 Å². The number of hydrogen-bond acceptors (Lipinski definition) is 3. The average Bonchev–Trinajstić information content (AvgIpc) is 3.08. The number of hydrogen-bond donors (Lipinski definition) is 2. The Morgan fingerprint density at radius 3 is 2.42 bits per heavy atom. The van der Waals surface area contributed by atoms with E-state index in [-0.39, 0.29) is 0 Å². The molecule has 0 bridgehead atoms. The predicted octanol–water partition coefficient (Wildman–Crippen LogP) is 2.39. The van der Waals surface area contributed by atoms with E-state index in [0.29, 0.717) is 12.0 Å². The van der Waals surface area contributed by atoms with Crippen LogP contribution < -0.4 is 10.6 Å². The Hall–Kier alpha value is -0.810. The summed E-state index contributed by atoms with van der Waals surface area (Å²) in [6.07, 6.45) is 5.15. The van der Waals surface area contributed by atoms with E-state index in [2.05, 4.69) is 53.1 Å². The predicted molar refractivity (Wildman–Crippen MR) is 106 cm³/mol. The lowest BCUT2D eigenvalue weighted by Gasteiger charge is -2.23. The van der Waals surface area contributed by atoms with Crippen LogP contribution in [0.4, 0.5) is 0 Å². The molecule has 1 saturated heterocycles. The largest absolute Gasteiger partial charge is 0.356 e. The number of aliphatic imine (C=N–C) groups is 1. The summed E-state index contributed by atoms with van der Waals surface area (Å²) in [5.41, 5.74) is 0. The standard InChI is InChI=1S/C19H41N5/c1-6-23(7-2)14-10-11-18(4)22-19(20-5)21-15-17(3)16-24-12-8-9-13-24/h17-18H,6-16H2,1-5H3,(H2,20,21,22). The molecule has 0 aromatic heterocycles. The van der Waals surface area contributed by atoms with Crippen molar-refractivity contribution in [3.05, 3.63) is 0 Å². The molecular weight excluding hydrogens is 298 g/mol. The average molecular weight is 340 g/mol. The Balaban J connectivity index is 2.18. The van der Waals surface area contributed by atoms with Crippen molar-refractivity contribution in [3.63, 3.8) is 0 Å². The van der Waals surface area contributed by atoms with Gasteiger partial charge in [0.25, 0.3) is 0 Å². The van der Waals surface area contributed by atoms with Gasteiger partial charge in [-0.05, 0) is 71.2 Å². The maximum atomic E-state index is 4.38. The van der Waals surface area contributed by atoms with Crippen molar-refractivity contribution < 1.29 is 0 Å². The summed E-state index contributed by atoms with van der Waals surface area (Å²) >= 11 is 0. The van der Waals surface area contributed by atoms with Crippen LogP contribution in [0.2, 0.25) is 0 Å². The molecule has 2 N–H and O–H groups in total. The highest BCUT2D eigenvalue weighted by atomic mass is 15.2. The maximum absolute atomic E-state index is 4.38. The smallest absolute Gasteiger partial charge is 0.191 e. The van der Waals surface area contributed by atoms with Crippen LogP contribution in [0.1, 0.15) is 53.4 Å². The van der Waals surface area contributed by atoms with Crippen LogP contribution in [-0.4, -0.2) is 74.7 Å². The second-order valence-corrected chi connectivity index (χ2v) is 7.28. The van der Waals surface area contributed by atoms with Crippen LogP contribution in [-0.2, 0) is 0 Å². The zero-order valence-electron chi connectivity index (χ0n) is 16.8. The van der Waals surface area contributed by atoms with Crippen molar-refractivity contribution in [1.29, 1.82) is 0 Å². The third-order valence-electron chi connectivity index (χ3n) is 5.00. The Labute approximate surface area is 150 Å². The molecule has 1 heterocycles. The normalized spacial score (nSPS) is 18.8. The molecular formula is C19H41N5. The Morgan fingerprint density at radius 2 is 1.83 bits per heavy atom. The summed E-state index contributed by atoms with van der Waals surface area (Å²) in [7, 11) is 1.86. The molecule has 0 aliphatic carbocycles. The van der Waals surface area contributed by atoms with Gasteiger partial charge in [-0.2, -0.15) is 0 Å². The fraction of sp³-hybridized carbons (Fsp3) is 0.947. The first-order chi connectivity index (χ1) is 11.6. The minimum Gasteiger partial charge on any atom is -0.356 e. The van der Waals surface area contributed by atoms with Gasteiger partial charge in [-0.1, -0.05) is 20.8 Å². The van der Waals surface area contributed by atoms with E-state index in [4.69, 9.17) is 0 Å². The van der Waals surface area contributed by atoms with Crippen LogP contribution in [0.25, 0.3) is 0 Å². The molecule has 0 aromatic carbocycles. The van der Waals surface area contributed by atoms with Gasteiger partial charge in [0, 0.05) is 26.2 Å². The van der Waals surface area contributed by atoms with Crippen molar-refractivity contribution in [3.8, 4) is 0 Å². The van der Waals surface area contributed by atoms with Gasteiger partial charge in [-0.25, -0.2) is 0 Å². The molecule has 0 saturated carbocycles. The summed E-state index contributed by atoms with van der Waals surface area (Å²) in [6, 6.07) is 0.459. The Kier molecular flexibility index (Phi) is 11.1. The molecule has 142 valence electrons. The van der Waals surface area contributed by atoms with E-state index in [0.717, 1.165) is 25.6 Å². The fourth-order valence-electron chi connectivity index (χ4n) is 3.40. The summed E-state index contributed by atoms with van der Waals surface area (Å²) in [6.45, 7) is 17.3. The van der Waals surface area contributed by atoms with Gasteiger partial charge < -0.3 is 20.4 Å². The van der Waals surface area contributed by atoms with E-state index < -0.39 is 0 Å². The lowest BCUT2D eigenvalue weighted by molar-refractivity contribution is 0.287. The van der Waals surface area contributed by atoms with E-state index >= 15 is 0 Å². The van der Waals surface area contributed by atoms with Gasteiger partial charge in [0.05, 0.1) is 0 Å². The molecule has 5 nitrogen and oxygen atoms in total. The summed E-state index contributed by atoms with van der Waals surface area (Å²) in [5, 5.41) is 7.03. The van der Waals surface area contributed by atoms with Crippen LogP contribution in [0.3, 0.4) is 0 Å². The van der Waals surface area contributed by atoms with Crippen molar-refractivity contribution >= 4 is 5.96 Å². The zero-order chi connectivity index (χ0) is 17.8. The Bertz CT molecular complexity index is 335. The second-order valence-electron chi connectivity index (χ2n) is 7.28. The van der Waals surface area contributed by atoms with E-state index in [9.17, 15) is 0 Å². The van der Waals surface area contributed by atoms with Crippen LogP contribution in [0.15, 0.2) is 4.99 Å². The summed E-state index contributed by atoms with van der Waals surface area (Å²) < 4.78 is 0. The highest BCUT2D eigenvalue weighted by Crippen LogP contribution is 2.09. The van der Waals surface area contributed by atoms with Crippen molar-refractivity contribution in [2.75, 3.05) is 52.9 Å². The van der Waals surface area contributed by atoms with Gasteiger partial charge in [0.1, 0.15) is 0 Å². The molecule has 2 unspecified atom stereocenters. The number of nitrogens with one attached hydrogen (secondary N) is 2. The molecule has 1 fully saturated rings. The highest BCUT2D eigenvalue weighted by Gasteiger charge is 2.15. The van der Waals surface area contributed by atoms with Crippen molar-refractivity contribution in [2.45, 2.75) is 59.4 Å². The van der Waals surface area contributed by atoms with Crippen LogP contribution in [0.5, 0.6) is 0 Å². The quantitative estimate of drug-likeness (QED) is 0.448. The number of guanidine groups is 1. The first kappa shape index (κ1) is 21.2. The topological polar surface area (TPSA) is 42.9 Å². The van der Waals surface area contributed by atoms with Crippen LogP contribution in [0, 0.1) is 5.92 Å². The number of nitrogens with zero attached hydrogens (tertiary/aromatic N) is 3. The van der Waals surface area contributed by atoms with Crippen LogP contribution >= 0.6 is 0 Å². The molecule has 5 heteroatoms. The molecule has 0 radical (unpaired) electrons. The molecule has 0 amide bonds. The third kappa shape index (κ3) is 8.88. The molecule has 1 rings (SSSR count). The van der Waals surface area contributed by atoms with Gasteiger partial charge in [0.15, 0.2) is 5.96 Å². The summed E-state index contributed by atoms with van der Waals surface area (Å²) in [5.74, 6) is 1.60. The van der Waals surface area contributed by atoms with Gasteiger partial charge in [-0.15, -0.1) is 0 Å². The Morgan fingerprint density at radius 1 is 1.17 bits per heavy atom. The highest BCUT2D eigenvalue weighted by molar-refractivity contribution is 5.79. The molecule has 24 heavy (non-hydrogen) atoms. The second kappa shape index (κ2) is 12.5. The van der Waals surface area contributed by atoms with Crippen molar-refractivity contribution in [1.82, 2.24) is 20.4 Å². The number of rotatable bonds is 11. The zero-order valence-corrected chi connectivity index (χ0v) is 16.8. The van der Waals surface area contributed by atoms with E-state index in [1.165, 1.54) is 51.9 Å². The lowest BCUT2D eigenvalue weighted by Crippen LogP contribution is -2.44. The molecule has 2 atom stereocenters. The third-order valence-corrected chi connectivity index (χ3v) is 5.00. The SMILES string of the molecule is CCN(CC)CCCC(C)NC(=NC)NCC(C)CN1CCCC1. The minimum absolute atomic E-state index is 0.459. The molecule has 1 aliphatic heterocycles. The van der Waals surface area contributed by atoms with Gasteiger partial charge in [-0.3, -0.25) is 4.99 Å². The molecule has 1 aliphatic rings. The van der Waals surface area contributed by atoms with E-state index in [1.54, 1.807) is 0 Å². The first-order valence-electron chi connectivity index (χ1n) is 10.0. The minimum atomic E-state index is 0.459. The molecule has 0 spiro atoms. The fourth-order valence-corrected chi connectivity index (χ4v) is 3.40.